The maximum absolute atomic E-state index is 12.9. The molecule has 29 heavy (non-hydrogen) atoms. The first kappa shape index (κ1) is 19.2. The van der Waals surface area contributed by atoms with Gasteiger partial charge in [-0.15, -0.1) is 0 Å². The Hall–Kier alpha value is -3.09. The van der Waals surface area contributed by atoms with Gasteiger partial charge in [-0.05, 0) is 17.7 Å². The van der Waals surface area contributed by atoms with Crippen molar-refractivity contribution >= 4 is 17.5 Å². The predicted octanol–water partition coefficient (Wildman–Crippen LogP) is 2.98. The molecule has 1 saturated heterocycles. The number of carbonyl (C=O) groups is 2. The highest BCUT2D eigenvalue weighted by molar-refractivity contribution is 6.08. The highest BCUT2D eigenvalue weighted by atomic mass is 16.2. The number of aromatic amines is 1. The van der Waals surface area contributed by atoms with Crippen LogP contribution in [0.1, 0.15) is 46.0 Å². The molecule has 1 aromatic heterocycles. The average Bonchev–Trinajstić information content (AvgIpc) is 3.22. The summed E-state index contributed by atoms with van der Waals surface area (Å²) in [5, 5.41) is 13.8. The molecule has 2 aliphatic heterocycles. The number of hydrogen-bond donors (Lipinski definition) is 3. The number of urea groups is 1. The summed E-state index contributed by atoms with van der Waals surface area (Å²) in [6.45, 7) is 10.5. The van der Waals surface area contributed by atoms with Gasteiger partial charge in [0.15, 0.2) is 0 Å². The molecule has 3 N–H and O–H groups in total. The summed E-state index contributed by atoms with van der Waals surface area (Å²) in [5.41, 5.74) is 4.88. The summed E-state index contributed by atoms with van der Waals surface area (Å²) in [5.74, 6) is -0.259. The highest BCUT2D eigenvalue weighted by Crippen LogP contribution is 2.45. The third-order valence-corrected chi connectivity index (χ3v) is 5.70. The van der Waals surface area contributed by atoms with E-state index in [4.69, 9.17) is 0 Å². The minimum Gasteiger partial charge on any atom is -0.361 e. The zero-order valence-electron chi connectivity index (χ0n) is 17.7. The van der Waals surface area contributed by atoms with Gasteiger partial charge in [-0.25, -0.2) is 4.79 Å². The Kier molecular flexibility index (Phi) is 4.12. The average molecular weight is 393 g/mol. The van der Waals surface area contributed by atoms with E-state index in [2.05, 4.69) is 61.5 Å². The van der Waals surface area contributed by atoms with E-state index in [-0.39, 0.29) is 22.8 Å². The van der Waals surface area contributed by atoms with Gasteiger partial charge in [0.05, 0.1) is 11.4 Å². The van der Waals surface area contributed by atoms with E-state index in [0.717, 1.165) is 38.7 Å². The van der Waals surface area contributed by atoms with Crippen LogP contribution in [-0.2, 0) is 10.2 Å². The summed E-state index contributed by atoms with van der Waals surface area (Å²) >= 11 is 0. The van der Waals surface area contributed by atoms with Gasteiger partial charge in [0.1, 0.15) is 6.04 Å². The van der Waals surface area contributed by atoms with Crippen LogP contribution in [0.15, 0.2) is 47.3 Å². The van der Waals surface area contributed by atoms with E-state index >= 15 is 0 Å². The maximum Gasteiger partial charge on any atom is 0.324 e. The molecular formula is C22H27N5O2. The number of dihydropyridines is 1. The van der Waals surface area contributed by atoms with Gasteiger partial charge in [0, 0.05) is 40.9 Å². The summed E-state index contributed by atoms with van der Waals surface area (Å²) < 4.78 is 0. The number of aromatic nitrogens is 2. The van der Waals surface area contributed by atoms with Gasteiger partial charge in [0.25, 0.3) is 5.91 Å². The lowest BCUT2D eigenvalue weighted by Crippen LogP contribution is -2.38. The van der Waals surface area contributed by atoms with Crippen molar-refractivity contribution in [2.75, 3.05) is 7.05 Å². The van der Waals surface area contributed by atoms with Crippen molar-refractivity contribution in [3.8, 4) is 0 Å². The normalized spacial score (nSPS) is 23.5. The highest BCUT2D eigenvalue weighted by Gasteiger charge is 2.44. The Morgan fingerprint density at radius 3 is 2.52 bits per heavy atom. The smallest absolute Gasteiger partial charge is 0.324 e. The Bertz CT molecular complexity index is 1030. The number of rotatable bonds is 2. The van der Waals surface area contributed by atoms with E-state index < -0.39 is 6.04 Å². The third kappa shape index (κ3) is 3.01. The number of imide groups is 1. The molecule has 3 amide bonds. The monoisotopic (exact) mass is 393 g/mol. The Morgan fingerprint density at radius 2 is 1.93 bits per heavy atom. The third-order valence-electron chi connectivity index (χ3n) is 5.70. The molecule has 0 radical (unpaired) electrons. The topological polar surface area (TPSA) is 90.1 Å². The number of H-pyrrole nitrogens is 1. The van der Waals surface area contributed by atoms with Crippen LogP contribution in [0.3, 0.4) is 0 Å². The van der Waals surface area contributed by atoms with E-state index in [0.29, 0.717) is 0 Å². The van der Waals surface area contributed by atoms with Crippen LogP contribution in [0, 0.1) is 5.41 Å². The quantitative estimate of drug-likeness (QED) is 0.674. The Morgan fingerprint density at radius 1 is 1.21 bits per heavy atom. The van der Waals surface area contributed by atoms with Gasteiger partial charge >= 0.3 is 6.03 Å². The molecule has 1 aromatic rings. The number of carbonyl (C=O) groups excluding carboxylic acids is 2. The van der Waals surface area contributed by atoms with Crippen molar-refractivity contribution in [2.24, 2.45) is 5.41 Å². The van der Waals surface area contributed by atoms with E-state index in [9.17, 15) is 9.59 Å². The molecule has 0 spiro atoms. The fraction of sp³-hybridized carbons (Fsp3) is 0.409. The number of nitrogens with one attached hydrogen (secondary N) is 3. The molecule has 1 atom stereocenters. The van der Waals surface area contributed by atoms with Crippen LogP contribution in [0.25, 0.3) is 5.57 Å². The standard InChI is InChI=1S/C22H27N5O2/c1-21(2,3)15-10-14(25-26-15)12-11-23-13-8-7-9-22(4,5)17(13)16(12)18-19(28)27(6)20(29)24-18/h7-11,18,23H,1-6H3,(H,24,29)(H,25,26). The van der Waals surface area contributed by atoms with Gasteiger partial charge in [-0.3, -0.25) is 14.8 Å². The fourth-order valence-electron chi connectivity index (χ4n) is 4.01. The van der Waals surface area contributed by atoms with Gasteiger partial charge in [-0.2, -0.15) is 5.10 Å². The van der Waals surface area contributed by atoms with Crippen molar-refractivity contribution < 1.29 is 9.59 Å². The molecule has 0 saturated carbocycles. The van der Waals surface area contributed by atoms with Crippen molar-refractivity contribution in [2.45, 2.75) is 46.1 Å². The first-order chi connectivity index (χ1) is 13.5. The lowest BCUT2D eigenvalue weighted by Gasteiger charge is -2.36. The Balaban J connectivity index is 1.91. The molecule has 7 nitrogen and oxygen atoms in total. The SMILES string of the molecule is CN1C(=O)NC(C2=C3C(=CC=CC3(C)C)NC=C2c2cc(C(C)(C)C)n[nH]2)C1=O. The molecule has 0 bridgehead atoms. The largest absolute Gasteiger partial charge is 0.361 e. The second kappa shape index (κ2) is 6.20. The molecule has 7 heteroatoms. The van der Waals surface area contributed by atoms with Crippen molar-refractivity contribution in [3.63, 3.8) is 0 Å². The minimum atomic E-state index is -0.744. The van der Waals surface area contributed by atoms with Gasteiger partial charge in [0.2, 0.25) is 0 Å². The van der Waals surface area contributed by atoms with Crippen LogP contribution >= 0.6 is 0 Å². The number of amides is 3. The first-order valence-electron chi connectivity index (χ1n) is 9.76. The fourth-order valence-corrected chi connectivity index (χ4v) is 4.01. The molecule has 1 unspecified atom stereocenters. The van der Waals surface area contributed by atoms with Crippen LogP contribution in [-0.4, -0.2) is 40.1 Å². The molecule has 1 fully saturated rings. The molecule has 1 aliphatic carbocycles. The lowest BCUT2D eigenvalue weighted by molar-refractivity contribution is -0.125. The number of nitrogens with zero attached hydrogens (tertiary/aromatic N) is 2. The predicted molar refractivity (Wildman–Crippen MR) is 112 cm³/mol. The molecule has 0 aromatic carbocycles. The molecular weight excluding hydrogens is 366 g/mol. The summed E-state index contributed by atoms with van der Waals surface area (Å²) in [7, 11) is 1.50. The number of likely N-dealkylation sites (N-methyl/N-ethyl adjacent to an activating group) is 1. The molecule has 152 valence electrons. The maximum atomic E-state index is 12.9. The summed E-state index contributed by atoms with van der Waals surface area (Å²) in [6, 6.07) is 0.881. The molecule has 3 aliphatic rings. The summed E-state index contributed by atoms with van der Waals surface area (Å²) in [6.07, 6.45) is 8.00. The van der Waals surface area contributed by atoms with Gasteiger partial charge in [-0.1, -0.05) is 46.8 Å². The number of allylic oxidation sites excluding steroid dienone is 4. The van der Waals surface area contributed by atoms with Crippen LogP contribution in [0.5, 0.6) is 0 Å². The van der Waals surface area contributed by atoms with Crippen LogP contribution < -0.4 is 10.6 Å². The van der Waals surface area contributed by atoms with E-state index in [1.54, 1.807) is 0 Å². The van der Waals surface area contributed by atoms with E-state index in [1.807, 2.05) is 24.4 Å². The van der Waals surface area contributed by atoms with Crippen molar-refractivity contribution in [3.05, 3.63) is 58.7 Å². The van der Waals surface area contributed by atoms with Crippen LogP contribution in [0.4, 0.5) is 4.79 Å². The second-order valence-electron chi connectivity index (χ2n) is 9.35. The molecule has 3 heterocycles. The van der Waals surface area contributed by atoms with Crippen molar-refractivity contribution in [1.82, 2.24) is 25.7 Å². The number of hydrogen-bond acceptors (Lipinski definition) is 4. The summed E-state index contributed by atoms with van der Waals surface area (Å²) in [4.78, 5) is 26.3. The zero-order chi connectivity index (χ0) is 21.1. The second-order valence-corrected chi connectivity index (χ2v) is 9.35. The minimum absolute atomic E-state index is 0.111. The van der Waals surface area contributed by atoms with Crippen LogP contribution in [0.2, 0.25) is 0 Å². The number of fused-ring (bicyclic) bond motifs is 1. The van der Waals surface area contributed by atoms with Gasteiger partial charge < -0.3 is 10.6 Å². The first-order valence-corrected chi connectivity index (χ1v) is 9.76. The van der Waals surface area contributed by atoms with E-state index in [1.165, 1.54) is 7.05 Å². The Labute approximate surface area is 170 Å². The van der Waals surface area contributed by atoms with Crippen molar-refractivity contribution in [1.29, 1.82) is 0 Å². The lowest BCUT2D eigenvalue weighted by atomic mass is 9.72. The zero-order valence-corrected chi connectivity index (χ0v) is 17.7. The molecule has 4 rings (SSSR count).